The smallest absolute Gasteiger partial charge is 0.246 e. The molecule has 4 N–H and O–H groups in total. The summed E-state index contributed by atoms with van der Waals surface area (Å²) in [6.07, 6.45) is 4.71. The summed E-state index contributed by atoms with van der Waals surface area (Å²) in [5, 5.41) is 13.3. The first-order chi connectivity index (χ1) is 36.8. The quantitative estimate of drug-likeness (QED) is 0.0446. The summed E-state index contributed by atoms with van der Waals surface area (Å²) in [6.45, 7) is 14.8. The fraction of sp³-hybridized carbons (Fsp3) is 0.466. The molecule has 0 spiro atoms. The van der Waals surface area contributed by atoms with Crippen LogP contribution in [-0.4, -0.2) is 124 Å². The zero-order valence-corrected chi connectivity index (χ0v) is 47.0. The third kappa shape index (κ3) is 13.9. The molecule has 8 rings (SSSR count). The molecular formula is C58H73N7O10S2. The van der Waals surface area contributed by atoms with Gasteiger partial charge in [0.2, 0.25) is 17.7 Å². The van der Waals surface area contributed by atoms with Gasteiger partial charge in [0.1, 0.15) is 41.7 Å². The highest BCUT2D eigenvalue weighted by Gasteiger charge is 2.43. The number of pyridine rings is 1. The monoisotopic (exact) mass is 1090 g/mol. The second kappa shape index (κ2) is 25.1. The highest BCUT2D eigenvalue weighted by Crippen LogP contribution is 2.39. The molecular weight excluding hydrogens is 1020 g/mol. The predicted molar refractivity (Wildman–Crippen MR) is 300 cm³/mol. The maximum atomic E-state index is 14.7. The van der Waals surface area contributed by atoms with Crippen LogP contribution < -0.4 is 30.7 Å². The van der Waals surface area contributed by atoms with E-state index < -0.39 is 38.1 Å². The van der Waals surface area contributed by atoms with Gasteiger partial charge in [-0.25, -0.2) is 13.4 Å². The summed E-state index contributed by atoms with van der Waals surface area (Å²) in [6, 6.07) is 22.6. The van der Waals surface area contributed by atoms with Crippen molar-refractivity contribution in [3.05, 3.63) is 113 Å². The Morgan fingerprint density at radius 1 is 0.792 bits per heavy atom. The lowest BCUT2D eigenvalue weighted by atomic mass is 9.83. The van der Waals surface area contributed by atoms with E-state index in [1.165, 1.54) is 5.56 Å². The van der Waals surface area contributed by atoms with Crippen molar-refractivity contribution in [3.8, 4) is 11.5 Å². The van der Waals surface area contributed by atoms with Gasteiger partial charge in [0.05, 0.1) is 77.7 Å². The maximum Gasteiger partial charge on any atom is 0.246 e. The number of nitrogens with zero attached hydrogens (tertiary/aromatic N) is 3. The topological polar surface area (TPSA) is 209 Å². The van der Waals surface area contributed by atoms with E-state index in [0.29, 0.717) is 61.8 Å². The Morgan fingerprint density at radius 3 is 2.22 bits per heavy atom. The summed E-state index contributed by atoms with van der Waals surface area (Å²) < 4.78 is 57.3. The van der Waals surface area contributed by atoms with Gasteiger partial charge in [-0.2, -0.15) is 0 Å². The van der Waals surface area contributed by atoms with Gasteiger partial charge in [-0.3, -0.25) is 19.4 Å². The van der Waals surface area contributed by atoms with Crippen LogP contribution in [0.4, 0.5) is 11.4 Å². The first-order valence-electron chi connectivity index (χ1n) is 26.4. The van der Waals surface area contributed by atoms with Crippen molar-refractivity contribution in [2.45, 2.75) is 115 Å². The van der Waals surface area contributed by atoms with Crippen LogP contribution >= 0.6 is 11.3 Å². The number of aromatic nitrogens is 2. The van der Waals surface area contributed by atoms with Crippen LogP contribution in [-0.2, 0) is 57.8 Å². The molecule has 3 amide bonds. The molecule has 1 aliphatic carbocycles. The fourth-order valence-corrected chi connectivity index (χ4v) is 11.5. The Morgan fingerprint density at radius 2 is 1.51 bits per heavy atom. The van der Waals surface area contributed by atoms with Crippen molar-refractivity contribution in [3.63, 3.8) is 0 Å². The van der Waals surface area contributed by atoms with Gasteiger partial charge in [0, 0.05) is 42.0 Å². The number of anilines is 2. The molecule has 0 saturated heterocycles. The minimum Gasteiger partial charge on any atom is -0.491 e. The molecule has 77 heavy (non-hydrogen) atoms. The molecule has 19 heteroatoms. The first-order valence-corrected chi connectivity index (χ1v) is 28.7. The van der Waals surface area contributed by atoms with Crippen LogP contribution in [0.1, 0.15) is 89.6 Å². The van der Waals surface area contributed by atoms with Crippen LogP contribution in [0, 0.1) is 5.41 Å². The lowest BCUT2D eigenvalue weighted by molar-refractivity contribution is -0.147. The maximum absolute atomic E-state index is 14.7. The van der Waals surface area contributed by atoms with E-state index in [4.69, 9.17) is 23.7 Å². The SMILES string of the molecule is CNC(C)C(=O)NC(C(=O)N1Cc2cc(OCCOCCOCCOCCOc3cc4nccc(Nc5ccc6scnc6c5)c4cc3S(=O)(=O)C(C)(C)C)ccc2CC1C(=O)N[C@@H]1CCCc2ccccc21)C(C)(C)C. The Labute approximate surface area is 456 Å². The van der Waals surface area contributed by atoms with E-state index in [0.717, 1.165) is 51.9 Å². The number of likely N-dealkylation sites (N-methyl/N-ethyl adjacent to an activating group) is 1. The molecule has 4 atom stereocenters. The number of hydrogen-bond donors (Lipinski definition) is 4. The molecule has 2 aliphatic rings. The van der Waals surface area contributed by atoms with E-state index >= 15 is 0 Å². The normalized spacial score (nSPS) is 16.5. The zero-order chi connectivity index (χ0) is 54.9. The number of thiazole rings is 1. The third-order valence-corrected chi connectivity index (χ3v) is 17.4. The molecule has 0 fully saturated rings. The van der Waals surface area contributed by atoms with Crippen molar-refractivity contribution in [1.82, 2.24) is 30.8 Å². The van der Waals surface area contributed by atoms with Crippen LogP contribution in [0.25, 0.3) is 21.1 Å². The lowest BCUT2D eigenvalue weighted by Crippen LogP contribution is -2.62. The molecule has 6 aromatic rings. The lowest BCUT2D eigenvalue weighted by Gasteiger charge is -2.41. The number of amides is 3. The number of carbonyl (C=O) groups is 3. The Bertz CT molecular complexity index is 3150. The summed E-state index contributed by atoms with van der Waals surface area (Å²) in [4.78, 5) is 52.9. The number of hydrogen-bond acceptors (Lipinski definition) is 15. The molecule has 3 unspecified atom stereocenters. The van der Waals surface area contributed by atoms with Crippen molar-refractivity contribution in [2.24, 2.45) is 5.41 Å². The van der Waals surface area contributed by atoms with Gasteiger partial charge in [0.25, 0.3) is 0 Å². The van der Waals surface area contributed by atoms with Gasteiger partial charge in [-0.15, -0.1) is 11.3 Å². The largest absolute Gasteiger partial charge is 0.491 e. The molecule has 412 valence electrons. The zero-order valence-electron chi connectivity index (χ0n) is 45.4. The van der Waals surface area contributed by atoms with Gasteiger partial charge < -0.3 is 49.9 Å². The van der Waals surface area contributed by atoms with E-state index in [1.807, 2.05) is 75.4 Å². The summed E-state index contributed by atoms with van der Waals surface area (Å²) in [5.41, 5.74) is 8.26. The number of fused-ring (bicyclic) bond motifs is 4. The summed E-state index contributed by atoms with van der Waals surface area (Å²) in [5.74, 6) is -0.0348. The molecule has 17 nitrogen and oxygen atoms in total. The molecule has 0 radical (unpaired) electrons. The molecule has 2 aromatic heterocycles. The summed E-state index contributed by atoms with van der Waals surface area (Å²) in [7, 11) is -2.13. The van der Waals surface area contributed by atoms with Crippen molar-refractivity contribution < 1.29 is 46.5 Å². The van der Waals surface area contributed by atoms with Crippen LogP contribution in [0.3, 0.4) is 0 Å². The standard InChI is InChI=1S/C58H73N7O10S2/c1-37(59-8)54(66)64-53(57(2,3)4)56(68)65-35-40-30-42(18-16-39(40)31-49(65)55(67)63-45-15-11-13-38-12-9-10-14-43(38)45)74-28-26-72-24-22-71-23-25-73-27-29-75-50-34-47-44(33-52(50)77(69,70)58(5,6)7)46(20-21-60-47)62-41-17-19-51-48(32-41)61-36-76-51/h9-10,12,14,16-21,30,32-34,36-37,45,49,53,59H,11,13,15,22-29,31,35H2,1-8H3,(H,60,62)(H,63,67)(H,64,66)/t37?,45-,49?,53?/m1/s1. The van der Waals surface area contributed by atoms with Gasteiger partial charge in [-0.05, 0) is 124 Å². The third-order valence-electron chi connectivity index (χ3n) is 14.0. The number of sulfone groups is 1. The number of rotatable bonds is 23. The van der Waals surface area contributed by atoms with Gasteiger partial charge in [0.15, 0.2) is 9.84 Å². The fourth-order valence-electron chi connectivity index (χ4n) is 9.48. The Balaban J connectivity index is 0.795. The number of aryl methyl sites for hydroxylation is 1. The summed E-state index contributed by atoms with van der Waals surface area (Å²) >= 11 is 1.56. The van der Waals surface area contributed by atoms with Crippen LogP contribution in [0.2, 0.25) is 0 Å². The molecule has 3 heterocycles. The average molecular weight is 1090 g/mol. The molecule has 0 bridgehead atoms. The molecule has 0 saturated carbocycles. The van der Waals surface area contributed by atoms with Crippen molar-refractivity contribution in [2.75, 3.05) is 65.2 Å². The number of nitrogens with one attached hydrogen (secondary N) is 4. The van der Waals surface area contributed by atoms with Gasteiger partial charge in [-0.1, -0.05) is 51.1 Å². The van der Waals surface area contributed by atoms with E-state index in [-0.39, 0.29) is 60.8 Å². The first kappa shape index (κ1) is 57.0. The van der Waals surface area contributed by atoms with E-state index in [2.05, 4.69) is 43.4 Å². The molecule has 4 aromatic carbocycles. The predicted octanol–water partition coefficient (Wildman–Crippen LogP) is 8.25. The Kier molecular flexibility index (Phi) is 18.5. The van der Waals surface area contributed by atoms with Crippen LogP contribution in [0.15, 0.2) is 95.5 Å². The second-order valence-electron chi connectivity index (χ2n) is 21.6. The van der Waals surface area contributed by atoms with E-state index in [1.54, 1.807) is 74.8 Å². The highest BCUT2D eigenvalue weighted by atomic mass is 32.2. The second-order valence-corrected chi connectivity index (χ2v) is 25.1. The van der Waals surface area contributed by atoms with Gasteiger partial charge >= 0.3 is 0 Å². The minimum absolute atomic E-state index is 0.0750. The number of carbonyl (C=O) groups excluding carboxylic acids is 3. The van der Waals surface area contributed by atoms with Crippen molar-refractivity contribution in [1.29, 1.82) is 0 Å². The number of ether oxygens (including phenoxy) is 5. The molecule has 1 aliphatic heterocycles. The Hall–Kier alpha value is -6.22. The number of benzene rings is 4. The van der Waals surface area contributed by atoms with Crippen molar-refractivity contribution >= 4 is 71.4 Å². The minimum atomic E-state index is -3.83. The van der Waals surface area contributed by atoms with E-state index in [9.17, 15) is 22.8 Å². The highest BCUT2D eigenvalue weighted by molar-refractivity contribution is 7.92. The average Bonchev–Trinajstić information content (AvgIpc) is 3.90. The van der Waals surface area contributed by atoms with Crippen LogP contribution in [0.5, 0.6) is 11.5 Å².